The summed E-state index contributed by atoms with van der Waals surface area (Å²) in [6.45, 7) is 4.16. The van der Waals surface area contributed by atoms with E-state index in [9.17, 15) is 0 Å². The SMILES string of the molecule is Cc1nnc(S[C@H](C)c2nnnn2-c2ccccc2)n1C1CCCCC1. The Bertz CT molecular complexity index is 852. The van der Waals surface area contributed by atoms with Crippen molar-refractivity contribution in [3.05, 3.63) is 42.0 Å². The van der Waals surface area contributed by atoms with E-state index in [0.29, 0.717) is 6.04 Å². The molecule has 0 bridgehead atoms. The van der Waals surface area contributed by atoms with E-state index >= 15 is 0 Å². The van der Waals surface area contributed by atoms with Gasteiger partial charge in [-0.2, -0.15) is 4.68 Å². The number of benzene rings is 1. The molecule has 0 amide bonds. The number of rotatable bonds is 5. The van der Waals surface area contributed by atoms with E-state index in [2.05, 4.69) is 37.2 Å². The monoisotopic (exact) mass is 369 g/mol. The second-order valence-electron chi connectivity index (χ2n) is 6.74. The Kier molecular flexibility index (Phi) is 5.01. The standard InChI is InChI=1S/C18H23N7S/c1-13(17-20-22-23-25(17)16-11-7-4-8-12-16)26-18-21-19-14(2)24(18)15-9-5-3-6-10-15/h4,7-8,11-13,15H,3,5-6,9-10H2,1-2H3/t13-/m1/s1. The molecule has 1 atom stereocenters. The van der Waals surface area contributed by atoms with Crippen LogP contribution < -0.4 is 0 Å². The topological polar surface area (TPSA) is 74.3 Å². The van der Waals surface area contributed by atoms with Crippen LogP contribution >= 0.6 is 11.8 Å². The maximum Gasteiger partial charge on any atom is 0.192 e. The molecule has 1 aliphatic rings. The Morgan fingerprint density at radius 2 is 1.81 bits per heavy atom. The zero-order valence-corrected chi connectivity index (χ0v) is 15.9. The summed E-state index contributed by atoms with van der Waals surface area (Å²) in [5.41, 5.74) is 0.963. The highest BCUT2D eigenvalue weighted by Gasteiger charge is 2.25. The zero-order chi connectivity index (χ0) is 17.9. The third kappa shape index (κ3) is 3.38. The van der Waals surface area contributed by atoms with Gasteiger partial charge in [-0.05, 0) is 49.2 Å². The van der Waals surface area contributed by atoms with Crippen LogP contribution in [-0.4, -0.2) is 35.0 Å². The van der Waals surface area contributed by atoms with Crippen molar-refractivity contribution in [2.45, 2.75) is 62.4 Å². The second kappa shape index (κ2) is 7.57. The van der Waals surface area contributed by atoms with Crippen LogP contribution in [0.15, 0.2) is 35.5 Å². The lowest BCUT2D eigenvalue weighted by atomic mass is 9.95. The predicted molar refractivity (Wildman–Crippen MR) is 100 cm³/mol. The highest BCUT2D eigenvalue weighted by Crippen LogP contribution is 2.37. The van der Waals surface area contributed by atoms with E-state index in [-0.39, 0.29) is 5.25 Å². The van der Waals surface area contributed by atoms with Crippen LogP contribution in [0.4, 0.5) is 0 Å². The van der Waals surface area contributed by atoms with Gasteiger partial charge in [-0.3, -0.25) is 0 Å². The van der Waals surface area contributed by atoms with Crippen molar-refractivity contribution in [1.82, 2.24) is 35.0 Å². The molecule has 1 aromatic carbocycles. The molecule has 1 saturated carbocycles. The molecule has 26 heavy (non-hydrogen) atoms. The highest BCUT2D eigenvalue weighted by molar-refractivity contribution is 7.99. The van der Waals surface area contributed by atoms with Crippen LogP contribution in [0.1, 0.15) is 62.0 Å². The predicted octanol–water partition coefficient (Wildman–Crippen LogP) is 3.92. The van der Waals surface area contributed by atoms with Crippen LogP contribution in [0.25, 0.3) is 5.69 Å². The molecule has 3 aromatic rings. The van der Waals surface area contributed by atoms with Gasteiger partial charge < -0.3 is 4.57 Å². The summed E-state index contributed by atoms with van der Waals surface area (Å²) < 4.78 is 4.11. The van der Waals surface area contributed by atoms with Crippen LogP contribution in [0, 0.1) is 6.92 Å². The molecule has 4 rings (SSSR count). The lowest BCUT2D eigenvalue weighted by Gasteiger charge is -2.25. The average molecular weight is 369 g/mol. The van der Waals surface area contributed by atoms with Crippen LogP contribution in [0.3, 0.4) is 0 Å². The van der Waals surface area contributed by atoms with Crippen molar-refractivity contribution in [1.29, 1.82) is 0 Å². The number of hydrogen-bond donors (Lipinski definition) is 0. The van der Waals surface area contributed by atoms with Gasteiger partial charge in [0.05, 0.1) is 10.9 Å². The van der Waals surface area contributed by atoms with Crippen LogP contribution in [0.2, 0.25) is 0 Å². The van der Waals surface area contributed by atoms with Gasteiger partial charge in [-0.25, -0.2) is 0 Å². The normalized spacial score (nSPS) is 16.7. The summed E-state index contributed by atoms with van der Waals surface area (Å²) >= 11 is 1.68. The molecule has 1 aliphatic carbocycles. The molecule has 0 aliphatic heterocycles. The Morgan fingerprint density at radius 3 is 2.58 bits per heavy atom. The fourth-order valence-corrected chi connectivity index (χ4v) is 4.65. The highest BCUT2D eigenvalue weighted by atomic mass is 32.2. The first-order valence-corrected chi connectivity index (χ1v) is 10.0. The lowest BCUT2D eigenvalue weighted by molar-refractivity contribution is 0.332. The molecule has 2 aromatic heterocycles. The Morgan fingerprint density at radius 1 is 1.04 bits per heavy atom. The Hall–Kier alpha value is -2.22. The Balaban J connectivity index is 1.58. The third-order valence-corrected chi connectivity index (χ3v) is 5.97. The summed E-state index contributed by atoms with van der Waals surface area (Å²) in [4.78, 5) is 0. The summed E-state index contributed by atoms with van der Waals surface area (Å²) in [5, 5.41) is 22.1. The lowest BCUT2D eigenvalue weighted by Crippen LogP contribution is -2.15. The van der Waals surface area contributed by atoms with Gasteiger partial charge in [-0.1, -0.05) is 49.2 Å². The van der Waals surface area contributed by atoms with Crippen molar-refractivity contribution in [2.24, 2.45) is 0 Å². The van der Waals surface area contributed by atoms with Gasteiger partial charge in [0.15, 0.2) is 11.0 Å². The number of aromatic nitrogens is 7. The van der Waals surface area contributed by atoms with E-state index < -0.39 is 0 Å². The van der Waals surface area contributed by atoms with E-state index in [1.54, 1.807) is 16.4 Å². The van der Waals surface area contributed by atoms with Crippen molar-refractivity contribution in [3.8, 4) is 5.69 Å². The van der Waals surface area contributed by atoms with Crippen molar-refractivity contribution >= 4 is 11.8 Å². The minimum atomic E-state index is 0.0659. The van der Waals surface area contributed by atoms with Gasteiger partial charge in [0.2, 0.25) is 0 Å². The van der Waals surface area contributed by atoms with Gasteiger partial charge in [0.1, 0.15) is 5.82 Å². The van der Waals surface area contributed by atoms with Gasteiger partial charge in [0.25, 0.3) is 0 Å². The number of nitrogens with zero attached hydrogens (tertiary/aromatic N) is 7. The quantitative estimate of drug-likeness (QED) is 0.635. The summed E-state index contributed by atoms with van der Waals surface area (Å²) in [6.07, 6.45) is 6.33. The van der Waals surface area contributed by atoms with Crippen molar-refractivity contribution in [2.75, 3.05) is 0 Å². The number of para-hydroxylation sites is 1. The molecule has 0 radical (unpaired) electrons. The van der Waals surface area contributed by atoms with E-state index in [4.69, 9.17) is 0 Å². The molecule has 7 nitrogen and oxygen atoms in total. The summed E-state index contributed by atoms with van der Waals surface area (Å²) in [6, 6.07) is 10.5. The maximum atomic E-state index is 4.44. The third-order valence-electron chi connectivity index (χ3n) is 4.92. The molecule has 1 fully saturated rings. The zero-order valence-electron chi connectivity index (χ0n) is 15.1. The largest absolute Gasteiger partial charge is 0.303 e. The molecule has 0 saturated heterocycles. The maximum absolute atomic E-state index is 4.44. The van der Waals surface area contributed by atoms with Crippen LogP contribution in [-0.2, 0) is 0 Å². The minimum absolute atomic E-state index is 0.0659. The minimum Gasteiger partial charge on any atom is -0.303 e. The second-order valence-corrected chi connectivity index (χ2v) is 8.04. The Labute approximate surface area is 157 Å². The molecular weight excluding hydrogens is 346 g/mol. The van der Waals surface area contributed by atoms with Gasteiger partial charge >= 0.3 is 0 Å². The molecule has 0 unspecified atom stereocenters. The number of aryl methyl sites for hydroxylation is 1. The smallest absolute Gasteiger partial charge is 0.192 e. The fourth-order valence-electron chi connectivity index (χ4n) is 3.60. The summed E-state index contributed by atoms with van der Waals surface area (Å²) in [7, 11) is 0. The molecular formula is C18H23N7S. The molecule has 8 heteroatoms. The number of tetrazole rings is 1. The summed E-state index contributed by atoms with van der Waals surface area (Å²) in [5.74, 6) is 1.81. The van der Waals surface area contributed by atoms with Crippen LogP contribution in [0.5, 0.6) is 0 Å². The molecule has 0 N–H and O–H groups in total. The first-order chi connectivity index (χ1) is 12.7. The first-order valence-electron chi connectivity index (χ1n) is 9.16. The van der Waals surface area contributed by atoms with Gasteiger partial charge in [-0.15, -0.1) is 15.3 Å². The van der Waals surface area contributed by atoms with E-state index in [1.807, 2.05) is 37.3 Å². The fraction of sp³-hybridized carbons (Fsp3) is 0.500. The van der Waals surface area contributed by atoms with Gasteiger partial charge in [0, 0.05) is 6.04 Å². The van der Waals surface area contributed by atoms with Crippen molar-refractivity contribution < 1.29 is 0 Å². The first kappa shape index (κ1) is 17.2. The van der Waals surface area contributed by atoms with Crippen molar-refractivity contribution in [3.63, 3.8) is 0 Å². The number of hydrogen-bond acceptors (Lipinski definition) is 6. The molecule has 0 spiro atoms. The van der Waals surface area contributed by atoms with E-state index in [0.717, 1.165) is 22.5 Å². The molecule has 2 heterocycles. The molecule has 136 valence electrons. The van der Waals surface area contributed by atoms with E-state index in [1.165, 1.54) is 32.1 Å². The number of thioether (sulfide) groups is 1. The average Bonchev–Trinajstić information content (AvgIpc) is 3.30.